The fraction of sp³-hybridized carbons (Fsp3) is 0.909. The van der Waals surface area contributed by atoms with Gasteiger partial charge >= 0.3 is 0 Å². The van der Waals surface area contributed by atoms with Crippen molar-refractivity contribution in [3.05, 3.63) is 0 Å². The number of hydrogen-bond donors (Lipinski definition) is 1. The minimum Gasteiger partial charge on any atom is -0.352 e. The topological polar surface area (TPSA) is 32.3 Å². The number of alkyl halides is 2. The summed E-state index contributed by atoms with van der Waals surface area (Å²) in [4.78, 5) is 13.0. The molecule has 2 aliphatic rings. The summed E-state index contributed by atoms with van der Waals surface area (Å²) < 4.78 is 25.0. The fourth-order valence-corrected chi connectivity index (χ4v) is 2.44. The SMILES string of the molecule is O=C(CN1CC(F)(F)C1)NC1CCCCC1. The van der Waals surface area contributed by atoms with Crippen LogP contribution in [-0.2, 0) is 4.79 Å². The first kappa shape index (κ1) is 11.8. The molecular formula is C11H18F2N2O. The number of carbonyl (C=O) groups is 1. The third-order valence-corrected chi connectivity index (χ3v) is 3.25. The molecule has 0 spiro atoms. The van der Waals surface area contributed by atoms with Crippen LogP contribution < -0.4 is 5.32 Å². The van der Waals surface area contributed by atoms with Gasteiger partial charge in [-0.15, -0.1) is 0 Å². The van der Waals surface area contributed by atoms with Gasteiger partial charge in [-0.1, -0.05) is 19.3 Å². The standard InChI is InChI=1S/C11H18F2N2O/c12-11(13)7-15(8-11)6-10(16)14-9-4-2-1-3-5-9/h9H,1-8H2,(H,14,16). The average Bonchev–Trinajstić information content (AvgIpc) is 2.16. The molecule has 1 N–H and O–H groups in total. The van der Waals surface area contributed by atoms with Crippen LogP contribution in [0.2, 0.25) is 0 Å². The van der Waals surface area contributed by atoms with Crippen LogP contribution in [0.4, 0.5) is 8.78 Å². The highest BCUT2D eigenvalue weighted by molar-refractivity contribution is 5.78. The van der Waals surface area contributed by atoms with Crippen molar-refractivity contribution >= 4 is 5.91 Å². The van der Waals surface area contributed by atoms with Crippen molar-refractivity contribution in [2.24, 2.45) is 0 Å². The lowest BCUT2D eigenvalue weighted by molar-refractivity contribution is -0.144. The Labute approximate surface area is 94.2 Å². The third-order valence-electron chi connectivity index (χ3n) is 3.25. The van der Waals surface area contributed by atoms with Gasteiger partial charge in [0, 0.05) is 6.04 Å². The number of nitrogens with zero attached hydrogens (tertiary/aromatic N) is 1. The van der Waals surface area contributed by atoms with Crippen LogP contribution in [-0.4, -0.2) is 42.4 Å². The predicted molar refractivity (Wildman–Crippen MR) is 56.4 cm³/mol. The zero-order chi connectivity index (χ0) is 11.6. The Hall–Kier alpha value is -0.710. The molecular weight excluding hydrogens is 214 g/mol. The summed E-state index contributed by atoms with van der Waals surface area (Å²) in [5.74, 6) is -2.69. The van der Waals surface area contributed by atoms with E-state index in [1.807, 2.05) is 0 Å². The van der Waals surface area contributed by atoms with E-state index in [1.165, 1.54) is 11.3 Å². The van der Waals surface area contributed by atoms with Gasteiger partial charge in [0.1, 0.15) is 0 Å². The molecule has 92 valence electrons. The quantitative estimate of drug-likeness (QED) is 0.797. The molecule has 0 bridgehead atoms. The minimum absolute atomic E-state index is 0.109. The minimum atomic E-state index is -2.58. The second kappa shape index (κ2) is 4.65. The number of carbonyl (C=O) groups excluding carboxylic acids is 1. The van der Waals surface area contributed by atoms with Gasteiger partial charge in [0.05, 0.1) is 19.6 Å². The number of halogens is 2. The number of likely N-dealkylation sites (tertiary alicyclic amines) is 1. The maximum Gasteiger partial charge on any atom is 0.272 e. The lowest BCUT2D eigenvalue weighted by Crippen LogP contribution is -2.59. The van der Waals surface area contributed by atoms with E-state index in [0.717, 1.165) is 25.7 Å². The molecule has 0 aromatic heterocycles. The first-order valence-electron chi connectivity index (χ1n) is 5.95. The first-order chi connectivity index (χ1) is 7.55. The third kappa shape index (κ3) is 3.14. The summed E-state index contributed by atoms with van der Waals surface area (Å²) in [5.41, 5.74) is 0. The number of nitrogens with one attached hydrogen (secondary N) is 1. The Kier molecular flexibility index (Phi) is 3.42. The second-order valence-corrected chi connectivity index (χ2v) is 4.90. The molecule has 1 aliphatic carbocycles. The monoisotopic (exact) mass is 232 g/mol. The van der Waals surface area contributed by atoms with E-state index in [-0.39, 0.29) is 31.6 Å². The van der Waals surface area contributed by atoms with Crippen molar-refractivity contribution in [2.75, 3.05) is 19.6 Å². The van der Waals surface area contributed by atoms with Crippen molar-refractivity contribution < 1.29 is 13.6 Å². The molecule has 1 aliphatic heterocycles. The van der Waals surface area contributed by atoms with Crippen molar-refractivity contribution in [2.45, 2.75) is 44.1 Å². The molecule has 2 fully saturated rings. The van der Waals surface area contributed by atoms with Crippen LogP contribution in [0, 0.1) is 0 Å². The summed E-state index contributed by atoms with van der Waals surface area (Å²) >= 11 is 0. The molecule has 1 heterocycles. The summed E-state index contributed by atoms with van der Waals surface area (Å²) in [5, 5.41) is 2.92. The van der Waals surface area contributed by atoms with E-state index in [9.17, 15) is 13.6 Å². The van der Waals surface area contributed by atoms with Crippen LogP contribution >= 0.6 is 0 Å². The Morgan fingerprint density at radius 2 is 1.88 bits per heavy atom. The number of rotatable bonds is 3. The summed E-state index contributed by atoms with van der Waals surface area (Å²) in [6.45, 7) is -0.428. The molecule has 3 nitrogen and oxygen atoms in total. The van der Waals surface area contributed by atoms with Crippen molar-refractivity contribution in [3.8, 4) is 0 Å². The van der Waals surface area contributed by atoms with Gasteiger partial charge in [-0.05, 0) is 12.8 Å². The maximum absolute atomic E-state index is 12.5. The molecule has 2 rings (SSSR count). The van der Waals surface area contributed by atoms with Gasteiger partial charge in [-0.2, -0.15) is 0 Å². The van der Waals surface area contributed by atoms with E-state index in [2.05, 4.69) is 5.32 Å². The zero-order valence-corrected chi connectivity index (χ0v) is 9.35. The maximum atomic E-state index is 12.5. The van der Waals surface area contributed by atoms with Gasteiger partial charge in [-0.25, -0.2) is 8.78 Å². The Balaban J connectivity index is 1.65. The lowest BCUT2D eigenvalue weighted by atomic mass is 9.95. The summed E-state index contributed by atoms with van der Waals surface area (Å²) in [6, 6.07) is 0.267. The molecule has 0 radical (unpaired) electrons. The Morgan fingerprint density at radius 1 is 1.25 bits per heavy atom. The van der Waals surface area contributed by atoms with Crippen molar-refractivity contribution in [1.29, 1.82) is 0 Å². The second-order valence-electron chi connectivity index (χ2n) is 4.90. The summed E-state index contributed by atoms with van der Waals surface area (Å²) in [6.07, 6.45) is 5.62. The molecule has 0 atom stereocenters. The molecule has 16 heavy (non-hydrogen) atoms. The van der Waals surface area contributed by atoms with E-state index >= 15 is 0 Å². The lowest BCUT2D eigenvalue weighted by Gasteiger charge is -2.38. The smallest absolute Gasteiger partial charge is 0.272 e. The highest BCUT2D eigenvalue weighted by Gasteiger charge is 2.44. The van der Waals surface area contributed by atoms with Gasteiger partial charge in [-0.3, -0.25) is 9.69 Å². The zero-order valence-electron chi connectivity index (χ0n) is 9.35. The van der Waals surface area contributed by atoms with Crippen molar-refractivity contribution in [1.82, 2.24) is 10.2 Å². The number of amides is 1. The van der Waals surface area contributed by atoms with Gasteiger partial charge in [0.25, 0.3) is 5.92 Å². The van der Waals surface area contributed by atoms with E-state index < -0.39 is 5.92 Å². The van der Waals surface area contributed by atoms with Crippen LogP contribution in [0.5, 0.6) is 0 Å². The molecule has 5 heteroatoms. The van der Waals surface area contributed by atoms with Gasteiger partial charge in [0.15, 0.2) is 0 Å². The molecule has 1 saturated heterocycles. The van der Waals surface area contributed by atoms with Crippen LogP contribution in [0.3, 0.4) is 0 Å². The van der Waals surface area contributed by atoms with E-state index in [1.54, 1.807) is 0 Å². The highest BCUT2D eigenvalue weighted by atomic mass is 19.3. The highest BCUT2D eigenvalue weighted by Crippen LogP contribution is 2.26. The summed E-state index contributed by atoms with van der Waals surface area (Å²) in [7, 11) is 0. The van der Waals surface area contributed by atoms with Crippen LogP contribution in [0.15, 0.2) is 0 Å². The first-order valence-corrected chi connectivity index (χ1v) is 5.95. The average molecular weight is 232 g/mol. The van der Waals surface area contributed by atoms with Gasteiger partial charge in [0.2, 0.25) is 5.91 Å². The molecule has 0 aromatic carbocycles. The van der Waals surface area contributed by atoms with Gasteiger partial charge < -0.3 is 5.32 Å². The Bertz CT molecular complexity index is 257. The molecule has 1 amide bonds. The van der Waals surface area contributed by atoms with E-state index in [4.69, 9.17) is 0 Å². The fourth-order valence-electron chi connectivity index (χ4n) is 2.44. The van der Waals surface area contributed by atoms with E-state index in [0.29, 0.717) is 0 Å². The molecule has 1 saturated carbocycles. The molecule has 0 aromatic rings. The van der Waals surface area contributed by atoms with Crippen molar-refractivity contribution in [3.63, 3.8) is 0 Å². The number of hydrogen-bond acceptors (Lipinski definition) is 2. The normalized spacial score (nSPS) is 26.1. The predicted octanol–water partition coefficient (Wildman–Crippen LogP) is 1.39. The Morgan fingerprint density at radius 3 is 2.44 bits per heavy atom. The van der Waals surface area contributed by atoms with Crippen LogP contribution in [0.25, 0.3) is 0 Å². The molecule has 0 unspecified atom stereocenters. The largest absolute Gasteiger partial charge is 0.352 e. The van der Waals surface area contributed by atoms with Crippen LogP contribution in [0.1, 0.15) is 32.1 Å².